The first-order valence-corrected chi connectivity index (χ1v) is 14.0. The van der Waals surface area contributed by atoms with Gasteiger partial charge in [-0.2, -0.15) is 5.10 Å². The summed E-state index contributed by atoms with van der Waals surface area (Å²) >= 11 is 3.55. The van der Waals surface area contributed by atoms with Gasteiger partial charge in [0.15, 0.2) is 0 Å². The first kappa shape index (κ1) is 26.2. The van der Waals surface area contributed by atoms with Crippen molar-refractivity contribution in [3.63, 3.8) is 0 Å². The van der Waals surface area contributed by atoms with E-state index >= 15 is 0 Å². The van der Waals surface area contributed by atoms with Crippen LogP contribution in [0.4, 0.5) is 16.2 Å². The molecule has 0 spiro atoms. The zero-order valence-corrected chi connectivity index (χ0v) is 23.7. The van der Waals surface area contributed by atoms with Crippen LogP contribution >= 0.6 is 15.9 Å². The predicted octanol–water partition coefficient (Wildman–Crippen LogP) is 6.54. The highest BCUT2D eigenvalue weighted by atomic mass is 79.9. The van der Waals surface area contributed by atoms with Crippen LogP contribution in [-0.2, 0) is 18.3 Å². The van der Waals surface area contributed by atoms with Gasteiger partial charge in [0, 0.05) is 61.3 Å². The van der Waals surface area contributed by atoms with Gasteiger partial charge in [-0.25, -0.2) is 4.79 Å². The van der Waals surface area contributed by atoms with Crippen molar-refractivity contribution in [3.05, 3.63) is 95.4 Å². The van der Waals surface area contributed by atoms with E-state index in [0.29, 0.717) is 5.69 Å². The van der Waals surface area contributed by atoms with E-state index in [-0.39, 0.29) is 6.03 Å². The van der Waals surface area contributed by atoms with Crippen molar-refractivity contribution in [1.82, 2.24) is 19.7 Å². The summed E-state index contributed by atoms with van der Waals surface area (Å²) < 4.78 is 8.09. The smallest absolute Gasteiger partial charge is 0.323 e. The van der Waals surface area contributed by atoms with E-state index in [0.717, 1.165) is 81.9 Å². The third kappa shape index (κ3) is 5.77. The van der Waals surface area contributed by atoms with E-state index in [9.17, 15) is 4.79 Å². The Balaban J connectivity index is 1.19. The number of hydrogen-bond acceptors (Lipinski definition) is 5. The lowest BCUT2D eigenvalue weighted by atomic mass is 9.98. The van der Waals surface area contributed by atoms with Crippen LogP contribution in [0.5, 0.6) is 0 Å². The van der Waals surface area contributed by atoms with Crippen molar-refractivity contribution >= 4 is 44.1 Å². The number of carbonyl (C=O) groups excluding carboxylic acids is 1. The zero-order valence-electron chi connectivity index (χ0n) is 22.1. The quantitative estimate of drug-likeness (QED) is 0.232. The fourth-order valence-electron chi connectivity index (χ4n) is 5.01. The summed E-state index contributed by atoms with van der Waals surface area (Å²) in [5, 5.41) is 12.5. The molecule has 0 aliphatic carbocycles. The number of amides is 2. The number of benzene rings is 3. The molecule has 0 saturated carbocycles. The van der Waals surface area contributed by atoms with Crippen LogP contribution in [0.25, 0.3) is 33.2 Å². The summed E-state index contributed by atoms with van der Waals surface area (Å²) in [6.45, 7) is 4.24. The number of morpholine rings is 1. The van der Waals surface area contributed by atoms with Crippen molar-refractivity contribution in [2.75, 3.05) is 36.9 Å². The Morgan fingerprint density at radius 3 is 2.52 bits per heavy atom. The van der Waals surface area contributed by atoms with Crippen molar-refractivity contribution < 1.29 is 9.53 Å². The van der Waals surface area contributed by atoms with Crippen LogP contribution in [0.2, 0.25) is 0 Å². The molecule has 1 fully saturated rings. The third-order valence-corrected chi connectivity index (χ3v) is 7.56. The first-order valence-electron chi connectivity index (χ1n) is 13.2. The van der Waals surface area contributed by atoms with Gasteiger partial charge in [0.25, 0.3) is 0 Å². The fraction of sp³-hybridized carbons (Fsp3) is 0.194. The van der Waals surface area contributed by atoms with Gasteiger partial charge in [0.1, 0.15) is 5.69 Å². The largest absolute Gasteiger partial charge is 0.379 e. The SMILES string of the molecule is Cn1cc(Br)c(-c2cccc(NC(=O)Nc3ccc(-c4ccc(CN5CCOCC5)nc4)c4ccccc34)c2)n1. The standard InChI is InChI=1S/C31H29BrN6O2/c1-37-20-28(32)30(36-37)21-5-4-6-23(17-21)34-31(39)35-29-12-11-25(26-7-2-3-8-27(26)29)22-9-10-24(33-18-22)19-38-13-15-40-16-14-38/h2-12,17-18,20H,13-16,19H2,1H3,(H2,34,35,39). The summed E-state index contributed by atoms with van der Waals surface area (Å²) in [5.74, 6) is 0. The van der Waals surface area contributed by atoms with Gasteiger partial charge in [-0.3, -0.25) is 14.6 Å². The topological polar surface area (TPSA) is 84.3 Å². The molecule has 1 aliphatic heterocycles. The molecule has 0 bridgehead atoms. The van der Waals surface area contributed by atoms with E-state index in [1.54, 1.807) is 4.68 Å². The molecule has 0 radical (unpaired) electrons. The van der Waals surface area contributed by atoms with Crippen LogP contribution in [0.1, 0.15) is 5.69 Å². The molecule has 2 N–H and O–H groups in total. The number of aromatic nitrogens is 3. The molecule has 6 rings (SSSR count). The molecule has 1 saturated heterocycles. The molecular formula is C31H29BrN6O2. The fourth-order valence-corrected chi connectivity index (χ4v) is 5.61. The number of hydrogen-bond donors (Lipinski definition) is 2. The highest BCUT2D eigenvalue weighted by Crippen LogP contribution is 2.33. The number of nitrogens with zero attached hydrogens (tertiary/aromatic N) is 4. The lowest BCUT2D eigenvalue weighted by molar-refractivity contribution is 0.0336. The molecule has 3 aromatic carbocycles. The molecule has 9 heteroatoms. The summed E-state index contributed by atoms with van der Waals surface area (Å²) in [6.07, 6.45) is 3.83. The van der Waals surface area contributed by atoms with Crippen LogP contribution in [0, 0.1) is 0 Å². The Labute approximate surface area is 241 Å². The van der Waals surface area contributed by atoms with E-state index < -0.39 is 0 Å². The molecular weight excluding hydrogens is 568 g/mol. The lowest BCUT2D eigenvalue weighted by Crippen LogP contribution is -2.35. The number of aryl methyl sites for hydroxylation is 1. The normalized spacial score (nSPS) is 13.8. The number of pyridine rings is 1. The molecule has 40 heavy (non-hydrogen) atoms. The zero-order chi connectivity index (χ0) is 27.5. The molecule has 3 heterocycles. The van der Waals surface area contributed by atoms with Gasteiger partial charge >= 0.3 is 6.03 Å². The average Bonchev–Trinajstić information content (AvgIpc) is 3.32. The number of urea groups is 1. The summed E-state index contributed by atoms with van der Waals surface area (Å²) in [4.78, 5) is 20.1. The maximum atomic E-state index is 13.0. The highest BCUT2D eigenvalue weighted by Gasteiger charge is 2.14. The van der Waals surface area contributed by atoms with E-state index in [2.05, 4.69) is 54.8 Å². The van der Waals surface area contributed by atoms with Crippen molar-refractivity contribution in [2.45, 2.75) is 6.54 Å². The van der Waals surface area contributed by atoms with E-state index in [1.165, 1.54) is 0 Å². The minimum atomic E-state index is -0.315. The average molecular weight is 598 g/mol. The number of nitrogens with one attached hydrogen (secondary N) is 2. The second-order valence-electron chi connectivity index (χ2n) is 9.79. The number of anilines is 2. The lowest BCUT2D eigenvalue weighted by Gasteiger charge is -2.26. The Bertz CT molecular complexity index is 1660. The van der Waals surface area contributed by atoms with Crippen molar-refractivity contribution in [1.29, 1.82) is 0 Å². The molecule has 0 unspecified atom stereocenters. The first-order chi connectivity index (χ1) is 19.5. The Hall–Kier alpha value is -4.05. The van der Waals surface area contributed by atoms with Gasteiger partial charge in [-0.15, -0.1) is 0 Å². The minimum absolute atomic E-state index is 0.315. The number of fused-ring (bicyclic) bond motifs is 1. The Kier molecular flexibility index (Phi) is 7.59. The minimum Gasteiger partial charge on any atom is -0.379 e. The van der Waals surface area contributed by atoms with Crippen LogP contribution in [-0.4, -0.2) is 52.0 Å². The second-order valence-corrected chi connectivity index (χ2v) is 10.6. The number of rotatable bonds is 6. The summed E-state index contributed by atoms with van der Waals surface area (Å²) in [5.41, 5.74) is 6.29. The molecule has 2 aromatic heterocycles. The Morgan fingerprint density at radius 2 is 1.77 bits per heavy atom. The van der Waals surface area contributed by atoms with Crippen molar-refractivity contribution in [2.24, 2.45) is 7.05 Å². The molecule has 5 aromatic rings. The molecule has 8 nitrogen and oxygen atoms in total. The maximum Gasteiger partial charge on any atom is 0.323 e. The Morgan fingerprint density at radius 1 is 0.950 bits per heavy atom. The molecule has 1 aliphatic rings. The maximum absolute atomic E-state index is 13.0. The van der Waals surface area contributed by atoms with E-state index in [4.69, 9.17) is 9.72 Å². The van der Waals surface area contributed by atoms with Crippen LogP contribution < -0.4 is 10.6 Å². The molecule has 0 atom stereocenters. The third-order valence-electron chi connectivity index (χ3n) is 6.98. The molecule has 202 valence electrons. The number of carbonyl (C=O) groups is 1. The van der Waals surface area contributed by atoms with Gasteiger partial charge in [-0.05, 0) is 51.1 Å². The van der Waals surface area contributed by atoms with Gasteiger partial charge in [0.05, 0.1) is 29.1 Å². The second kappa shape index (κ2) is 11.6. The summed E-state index contributed by atoms with van der Waals surface area (Å²) in [7, 11) is 1.87. The molecule has 2 amide bonds. The predicted molar refractivity (Wildman–Crippen MR) is 162 cm³/mol. The number of ether oxygens (including phenoxy) is 1. The van der Waals surface area contributed by atoms with Gasteiger partial charge < -0.3 is 15.4 Å². The van der Waals surface area contributed by atoms with Crippen molar-refractivity contribution in [3.8, 4) is 22.4 Å². The van der Waals surface area contributed by atoms with Gasteiger partial charge in [-0.1, -0.05) is 48.5 Å². The monoisotopic (exact) mass is 596 g/mol. The highest BCUT2D eigenvalue weighted by molar-refractivity contribution is 9.10. The van der Waals surface area contributed by atoms with Gasteiger partial charge in [0.2, 0.25) is 0 Å². The van der Waals surface area contributed by atoms with Crippen LogP contribution in [0.15, 0.2) is 89.7 Å². The number of halogens is 1. The summed E-state index contributed by atoms with van der Waals surface area (Å²) in [6, 6.07) is 23.6. The van der Waals surface area contributed by atoms with Crippen LogP contribution in [0.3, 0.4) is 0 Å². The van der Waals surface area contributed by atoms with E-state index in [1.807, 2.05) is 74.0 Å².